The normalized spacial score (nSPS) is 11.0. The summed E-state index contributed by atoms with van der Waals surface area (Å²) in [6, 6.07) is 10.9. The predicted molar refractivity (Wildman–Crippen MR) is 117 cm³/mol. The zero-order valence-corrected chi connectivity index (χ0v) is 18.2. The van der Waals surface area contributed by atoms with Gasteiger partial charge in [-0.15, -0.1) is 11.6 Å². The lowest BCUT2D eigenvalue weighted by molar-refractivity contribution is 0.0526. The summed E-state index contributed by atoms with van der Waals surface area (Å²) in [5, 5.41) is 8.70. The monoisotopic (exact) mass is 416 g/mol. The van der Waals surface area contributed by atoms with Crippen molar-refractivity contribution in [1.29, 1.82) is 0 Å². The maximum atomic E-state index is 11.7. The van der Waals surface area contributed by atoms with E-state index in [-0.39, 0.29) is 5.97 Å². The average molecular weight is 417 g/mol. The molecule has 0 aliphatic rings. The van der Waals surface area contributed by atoms with Gasteiger partial charge >= 0.3 is 5.97 Å². The number of aryl methyl sites for hydroxylation is 2. The number of carbonyl (C=O) groups excluding carboxylic acids is 1. The first kappa shape index (κ1) is 22.9. The highest BCUT2D eigenvalue weighted by atomic mass is 35.5. The maximum absolute atomic E-state index is 11.7. The molecule has 0 heterocycles. The summed E-state index contributed by atoms with van der Waals surface area (Å²) >= 11 is 5.69. The lowest BCUT2D eigenvalue weighted by atomic mass is 10.1. The molecule has 0 unspecified atom stereocenters. The third-order valence-electron chi connectivity index (χ3n) is 4.41. The van der Waals surface area contributed by atoms with Crippen molar-refractivity contribution in [2.75, 3.05) is 19.1 Å². The van der Waals surface area contributed by atoms with Crippen LogP contribution in [0.5, 0.6) is 5.75 Å². The number of hydrogen-bond acceptors (Lipinski definition) is 5. The van der Waals surface area contributed by atoms with E-state index in [4.69, 9.17) is 21.1 Å². The molecule has 0 aliphatic carbocycles. The smallest absolute Gasteiger partial charge is 0.338 e. The molecule has 0 radical (unpaired) electrons. The van der Waals surface area contributed by atoms with Crippen LogP contribution in [0.4, 0.5) is 11.4 Å². The van der Waals surface area contributed by atoms with Gasteiger partial charge < -0.3 is 9.47 Å². The molecule has 0 aliphatic heterocycles. The number of hydrogen-bond donors (Lipinski definition) is 0. The second-order valence-corrected chi connectivity index (χ2v) is 7.20. The molecule has 6 heteroatoms. The van der Waals surface area contributed by atoms with E-state index in [0.717, 1.165) is 54.1 Å². The summed E-state index contributed by atoms with van der Waals surface area (Å²) in [7, 11) is 0. The van der Waals surface area contributed by atoms with Gasteiger partial charge in [-0.3, -0.25) is 0 Å². The van der Waals surface area contributed by atoms with E-state index in [1.54, 1.807) is 31.2 Å². The molecule has 2 aromatic carbocycles. The van der Waals surface area contributed by atoms with Gasteiger partial charge in [-0.2, -0.15) is 10.2 Å². The Balaban J connectivity index is 1.97. The molecule has 0 saturated heterocycles. The Bertz CT molecular complexity index is 796. The highest BCUT2D eigenvalue weighted by Crippen LogP contribution is 2.30. The van der Waals surface area contributed by atoms with Crippen LogP contribution in [-0.4, -0.2) is 25.1 Å². The number of rotatable bonds is 11. The third-order valence-corrected chi connectivity index (χ3v) is 4.67. The molecule has 2 aromatic rings. The van der Waals surface area contributed by atoms with Crippen LogP contribution in [-0.2, 0) is 4.74 Å². The Labute approximate surface area is 178 Å². The van der Waals surface area contributed by atoms with Gasteiger partial charge in [0.25, 0.3) is 0 Å². The summed E-state index contributed by atoms with van der Waals surface area (Å²) in [5.74, 6) is 1.25. The Morgan fingerprint density at radius 2 is 1.62 bits per heavy atom. The fraction of sp³-hybridized carbons (Fsp3) is 0.435. The van der Waals surface area contributed by atoms with Crippen LogP contribution in [0.1, 0.15) is 54.1 Å². The van der Waals surface area contributed by atoms with Crippen LogP contribution in [0.2, 0.25) is 0 Å². The van der Waals surface area contributed by atoms with Gasteiger partial charge in [0, 0.05) is 5.88 Å². The SMILES string of the molecule is CCOC(=O)c1ccc(N=Nc2c(C)cc(OCCCCCCCl)cc2C)cc1. The number of nitrogens with zero attached hydrogens (tertiary/aromatic N) is 2. The molecule has 0 spiro atoms. The van der Waals surface area contributed by atoms with Crippen molar-refractivity contribution in [1.82, 2.24) is 0 Å². The molecule has 0 amide bonds. The van der Waals surface area contributed by atoms with Gasteiger partial charge in [0.15, 0.2) is 0 Å². The van der Waals surface area contributed by atoms with Crippen LogP contribution >= 0.6 is 11.6 Å². The van der Waals surface area contributed by atoms with Crippen molar-refractivity contribution < 1.29 is 14.3 Å². The van der Waals surface area contributed by atoms with Crippen LogP contribution in [0.3, 0.4) is 0 Å². The van der Waals surface area contributed by atoms with Gasteiger partial charge in [-0.25, -0.2) is 4.79 Å². The van der Waals surface area contributed by atoms with Crippen LogP contribution in [0, 0.1) is 13.8 Å². The predicted octanol–water partition coefficient (Wildman–Crippen LogP) is 7.07. The second-order valence-electron chi connectivity index (χ2n) is 6.82. The van der Waals surface area contributed by atoms with E-state index >= 15 is 0 Å². The van der Waals surface area contributed by atoms with Crippen LogP contribution < -0.4 is 4.74 Å². The van der Waals surface area contributed by atoms with Crippen molar-refractivity contribution in [3.05, 3.63) is 53.1 Å². The second kappa shape index (κ2) is 12.2. The van der Waals surface area contributed by atoms with Crippen molar-refractivity contribution in [2.45, 2.75) is 46.5 Å². The van der Waals surface area contributed by atoms with E-state index in [1.807, 2.05) is 26.0 Å². The highest BCUT2D eigenvalue weighted by Gasteiger charge is 2.07. The molecule has 5 nitrogen and oxygen atoms in total. The number of ether oxygens (including phenoxy) is 2. The Morgan fingerprint density at radius 3 is 2.24 bits per heavy atom. The summed E-state index contributed by atoms with van der Waals surface area (Å²) in [5.41, 5.74) is 4.02. The minimum atomic E-state index is -0.336. The van der Waals surface area contributed by atoms with Crippen molar-refractivity contribution in [3.63, 3.8) is 0 Å². The van der Waals surface area contributed by atoms with E-state index in [2.05, 4.69) is 10.2 Å². The molecule has 0 fully saturated rings. The number of halogens is 1. The maximum Gasteiger partial charge on any atom is 0.338 e. The molecule has 29 heavy (non-hydrogen) atoms. The molecule has 0 aromatic heterocycles. The van der Waals surface area contributed by atoms with Gasteiger partial charge in [-0.1, -0.05) is 12.8 Å². The third kappa shape index (κ3) is 7.50. The quantitative estimate of drug-likeness (QED) is 0.170. The van der Waals surface area contributed by atoms with Crippen LogP contribution in [0.25, 0.3) is 0 Å². The first-order chi connectivity index (χ1) is 14.0. The molecule has 0 bridgehead atoms. The number of alkyl halides is 1. The largest absolute Gasteiger partial charge is 0.494 e. The van der Waals surface area contributed by atoms with Gasteiger partial charge in [0.2, 0.25) is 0 Å². The zero-order chi connectivity index (χ0) is 21.1. The summed E-state index contributed by atoms with van der Waals surface area (Å²) < 4.78 is 10.9. The Kier molecular flexibility index (Phi) is 9.65. The van der Waals surface area contributed by atoms with Crippen molar-refractivity contribution in [3.8, 4) is 5.75 Å². The highest BCUT2D eigenvalue weighted by molar-refractivity contribution is 6.17. The van der Waals surface area contributed by atoms with E-state index in [1.165, 1.54) is 0 Å². The molecule has 156 valence electrons. The minimum absolute atomic E-state index is 0.336. The lowest BCUT2D eigenvalue weighted by Gasteiger charge is -2.10. The number of esters is 1. The average Bonchev–Trinajstić information content (AvgIpc) is 2.70. The fourth-order valence-electron chi connectivity index (χ4n) is 2.88. The van der Waals surface area contributed by atoms with Gasteiger partial charge in [-0.05, 0) is 81.1 Å². The van der Waals surface area contributed by atoms with Crippen molar-refractivity contribution >= 4 is 28.9 Å². The topological polar surface area (TPSA) is 60.2 Å². The van der Waals surface area contributed by atoms with Gasteiger partial charge in [0.05, 0.1) is 30.2 Å². The molecule has 0 atom stereocenters. The summed E-state index contributed by atoms with van der Waals surface area (Å²) in [4.78, 5) is 11.7. The molecular formula is C23H29ClN2O3. The molecule has 0 saturated carbocycles. The lowest BCUT2D eigenvalue weighted by Crippen LogP contribution is -2.03. The Hall–Kier alpha value is -2.40. The number of unbranched alkanes of at least 4 members (excludes halogenated alkanes) is 3. The first-order valence-electron chi connectivity index (χ1n) is 10.0. The van der Waals surface area contributed by atoms with Crippen molar-refractivity contribution in [2.24, 2.45) is 10.2 Å². The molecular weight excluding hydrogens is 388 g/mol. The minimum Gasteiger partial charge on any atom is -0.494 e. The molecule has 0 N–H and O–H groups in total. The molecule has 2 rings (SSSR count). The number of carbonyl (C=O) groups is 1. The first-order valence-corrected chi connectivity index (χ1v) is 10.6. The zero-order valence-electron chi connectivity index (χ0n) is 17.4. The summed E-state index contributed by atoms with van der Waals surface area (Å²) in [6.07, 6.45) is 4.36. The summed E-state index contributed by atoms with van der Waals surface area (Å²) in [6.45, 7) is 6.84. The van der Waals surface area contributed by atoms with E-state index in [9.17, 15) is 4.79 Å². The number of azo groups is 1. The Morgan fingerprint density at radius 1 is 0.966 bits per heavy atom. The standard InChI is InChI=1S/C23H29ClN2O3/c1-4-28-23(27)19-9-11-20(12-10-19)25-26-22-17(2)15-21(16-18(22)3)29-14-8-6-5-7-13-24/h9-12,15-16H,4-8,13-14H2,1-3H3. The van der Waals surface area contributed by atoms with E-state index in [0.29, 0.717) is 24.5 Å². The van der Waals surface area contributed by atoms with Gasteiger partial charge in [0.1, 0.15) is 5.75 Å². The van der Waals surface area contributed by atoms with E-state index < -0.39 is 0 Å². The number of benzene rings is 2. The van der Waals surface area contributed by atoms with Crippen LogP contribution in [0.15, 0.2) is 46.6 Å². The fourth-order valence-corrected chi connectivity index (χ4v) is 3.07.